The Balaban J connectivity index is 1.53. The highest BCUT2D eigenvalue weighted by Gasteiger charge is 2.36. The van der Waals surface area contributed by atoms with Crippen LogP contribution in [0.3, 0.4) is 0 Å². The van der Waals surface area contributed by atoms with Crippen LogP contribution in [0.5, 0.6) is 0 Å². The molecule has 2 N–H and O–H groups in total. The lowest BCUT2D eigenvalue weighted by Gasteiger charge is -2.39. The van der Waals surface area contributed by atoms with Crippen molar-refractivity contribution in [3.8, 4) is 11.8 Å². The van der Waals surface area contributed by atoms with Crippen molar-refractivity contribution >= 4 is 11.3 Å². The lowest BCUT2D eigenvalue weighted by atomic mass is 9.77. The fourth-order valence-electron chi connectivity index (χ4n) is 3.70. The van der Waals surface area contributed by atoms with Crippen molar-refractivity contribution in [2.45, 2.75) is 45.1 Å². The van der Waals surface area contributed by atoms with E-state index in [0.29, 0.717) is 6.54 Å². The highest BCUT2D eigenvalue weighted by atomic mass is 32.1. The molecule has 1 aliphatic carbocycles. The van der Waals surface area contributed by atoms with E-state index < -0.39 is 0 Å². The first-order valence-corrected chi connectivity index (χ1v) is 8.61. The van der Waals surface area contributed by atoms with Crippen molar-refractivity contribution in [3.63, 3.8) is 0 Å². The Kier molecular flexibility index (Phi) is 4.45. The zero-order valence-electron chi connectivity index (χ0n) is 12.2. The second-order valence-corrected chi connectivity index (χ2v) is 7.42. The van der Waals surface area contributed by atoms with Gasteiger partial charge in [-0.1, -0.05) is 24.7 Å². The van der Waals surface area contributed by atoms with Crippen LogP contribution in [0, 0.1) is 17.3 Å². The van der Waals surface area contributed by atoms with Gasteiger partial charge in [0.15, 0.2) is 0 Å². The van der Waals surface area contributed by atoms with E-state index >= 15 is 0 Å². The molecule has 2 aliphatic rings. The topological polar surface area (TPSA) is 29.3 Å². The fraction of sp³-hybridized carbons (Fsp3) is 0.647. The minimum absolute atomic E-state index is 0.446. The first-order valence-electron chi connectivity index (χ1n) is 7.80. The van der Waals surface area contributed by atoms with E-state index in [1.807, 2.05) is 11.3 Å². The Morgan fingerprint density at radius 3 is 2.60 bits per heavy atom. The predicted molar refractivity (Wildman–Crippen MR) is 85.7 cm³/mol. The molecule has 1 saturated heterocycles. The zero-order chi connectivity index (χ0) is 13.8. The van der Waals surface area contributed by atoms with Crippen LogP contribution in [-0.2, 0) is 6.54 Å². The van der Waals surface area contributed by atoms with Gasteiger partial charge in [0.2, 0.25) is 0 Å². The summed E-state index contributed by atoms with van der Waals surface area (Å²) in [4.78, 5) is 5.21. The van der Waals surface area contributed by atoms with Gasteiger partial charge < -0.3 is 5.73 Å². The standard InChI is InChI=1S/C17H24N2S/c18-11-3-4-15-5-6-16(20-15)14-19-12-9-17(10-13-19)7-1-2-8-17/h5-6H,1-2,7-14,18H2. The van der Waals surface area contributed by atoms with Crippen molar-refractivity contribution in [1.29, 1.82) is 0 Å². The van der Waals surface area contributed by atoms with Gasteiger partial charge in [0.05, 0.1) is 11.4 Å². The van der Waals surface area contributed by atoms with E-state index in [9.17, 15) is 0 Å². The molecule has 3 heteroatoms. The van der Waals surface area contributed by atoms with E-state index in [-0.39, 0.29) is 0 Å². The molecule has 1 aromatic rings. The minimum Gasteiger partial charge on any atom is -0.320 e. The molecule has 0 aromatic carbocycles. The van der Waals surface area contributed by atoms with Crippen LogP contribution in [-0.4, -0.2) is 24.5 Å². The number of piperidine rings is 1. The van der Waals surface area contributed by atoms with Crippen molar-refractivity contribution in [2.75, 3.05) is 19.6 Å². The van der Waals surface area contributed by atoms with Gasteiger partial charge in [0.25, 0.3) is 0 Å². The first-order chi connectivity index (χ1) is 9.80. The molecule has 108 valence electrons. The number of nitrogens with zero attached hydrogens (tertiary/aromatic N) is 1. The summed E-state index contributed by atoms with van der Waals surface area (Å²) >= 11 is 1.82. The summed E-state index contributed by atoms with van der Waals surface area (Å²) in [5.41, 5.74) is 6.14. The Morgan fingerprint density at radius 2 is 1.90 bits per heavy atom. The Morgan fingerprint density at radius 1 is 1.15 bits per heavy atom. The summed E-state index contributed by atoms with van der Waals surface area (Å²) in [6.45, 7) is 4.11. The maximum absolute atomic E-state index is 5.41. The molecule has 20 heavy (non-hydrogen) atoms. The van der Waals surface area contributed by atoms with Gasteiger partial charge in [-0.25, -0.2) is 0 Å². The van der Waals surface area contributed by atoms with E-state index in [1.54, 1.807) is 0 Å². The van der Waals surface area contributed by atoms with Crippen LogP contribution < -0.4 is 5.73 Å². The second-order valence-electron chi connectivity index (χ2n) is 6.26. The third-order valence-electron chi connectivity index (χ3n) is 4.94. The summed E-state index contributed by atoms with van der Waals surface area (Å²) in [7, 11) is 0. The maximum atomic E-state index is 5.41. The number of rotatable bonds is 2. The number of hydrogen-bond acceptors (Lipinski definition) is 3. The van der Waals surface area contributed by atoms with Gasteiger partial charge in [-0.15, -0.1) is 11.3 Å². The Labute approximate surface area is 126 Å². The molecule has 0 unspecified atom stereocenters. The highest BCUT2D eigenvalue weighted by molar-refractivity contribution is 7.12. The van der Waals surface area contributed by atoms with Crippen molar-refractivity contribution in [1.82, 2.24) is 4.90 Å². The molecule has 2 fully saturated rings. The SMILES string of the molecule is NCC#Cc1ccc(CN2CCC3(CCCC3)CC2)s1. The molecule has 1 saturated carbocycles. The Bertz CT molecular complexity index is 493. The average Bonchev–Trinajstić information content (AvgIpc) is 3.09. The van der Waals surface area contributed by atoms with Crippen LogP contribution in [0.1, 0.15) is 48.3 Å². The largest absolute Gasteiger partial charge is 0.320 e. The molecular formula is C17H24N2S. The molecule has 2 heterocycles. The van der Waals surface area contributed by atoms with E-state index in [1.165, 1.54) is 56.5 Å². The summed E-state index contributed by atoms with van der Waals surface area (Å²) in [6, 6.07) is 4.36. The lowest BCUT2D eigenvalue weighted by Crippen LogP contribution is -2.38. The molecule has 1 aromatic heterocycles. The number of nitrogens with two attached hydrogens (primary N) is 1. The Hall–Kier alpha value is -0.820. The lowest BCUT2D eigenvalue weighted by molar-refractivity contribution is 0.104. The first kappa shape index (κ1) is 14.1. The maximum Gasteiger partial charge on any atom is 0.0772 e. The van der Waals surface area contributed by atoms with E-state index in [4.69, 9.17) is 5.73 Å². The number of likely N-dealkylation sites (tertiary alicyclic amines) is 1. The fourth-order valence-corrected chi connectivity index (χ4v) is 4.62. The summed E-state index contributed by atoms with van der Waals surface area (Å²) < 4.78 is 0. The van der Waals surface area contributed by atoms with Crippen molar-refractivity contribution < 1.29 is 0 Å². The quantitative estimate of drug-likeness (QED) is 0.847. The average molecular weight is 288 g/mol. The minimum atomic E-state index is 0.446. The number of thiophene rings is 1. The molecule has 0 atom stereocenters. The van der Waals surface area contributed by atoms with Gasteiger partial charge in [0.1, 0.15) is 0 Å². The van der Waals surface area contributed by atoms with Crippen molar-refractivity contribution in [2.24, 2.45) is 11.1 Å². The number of hydrogen-bond donors (Lipinski definition) is 1. The van der Waals surface area contributed by atoms with Crippen LogP contribution in [0.2, 0.25) is 0 Å². The van der Waals surface area contributed by atoms with Gasteiger partial charge in [-0.2, -0.15) is 0 Å². The van der Waals surface area contributed by atoms with Crippen LogP contribution in [0.15, 0.2) is 12.1 Å². The van der Waals surface area contributed by atoms with Crippen LogP contribution in [0.4, 0.5) is 0 Å². The third-order valence-corrected chi connectivity index (χ3v) is 5.92. The summed E-state index contributed by atoms with van der Waals surface area (Å²) in [6.07, 6.45) is 8.73. The normalized spacial score (nSPS) is 21.9. The third kappa shape index (κ3) is 3.25. The zero-order valence-corrected chi connectivity index (χ0v) is 13.0. The van der Waals surface area contributed by atoms with Gasteiger partial charge in [-0.05, 0) is 56.3 Å². The molecule has 0 amide bonds. The second kappa shape index (κ2) is 6.30. The van der Waals surface area contributed by atoms with Crippen LogP contribution >= 0.6 is 11.3 Å². The molecule has 0 radical (unpaired) electrons. The summed E-state index contributed by atoms with van der Waals surface area (Å²) in [5, 5.41) is 0. The molecule has 1 aliphatic heterocycles. The van der Waals surface area contributed by atoms with Crippen LogP contribution in [0.25, 0.3) is 0 Å². The molecular weight excluding hydrogens is 264 g/mol. The smallest absolute Gasteiger partial charge is 0.0772 e. The van der Waals surface area contributed by atoms with Gasteiger partial charge >= 0.3 is 0 Å². The van der Waals surface area contributed by atoms with Gasteiger partial charge in [-0.3, -0.25) is 4.90 Å². The molecule has 0 bridgehead atoms. The van der Waals surface area contributed by atoms with E-state index in [0.717, 1.165) is 16.8 Å². The molecule has 2 nitrogen and oxygen atoms in total. The molecule has 3 rings (SSSR count). The monoisotopic (exact) mass is 288 g/mol. The van der Waals surface area contributed by atoms with Gasteiger partial charge in [0, 0.05) is 11.4 Å². The molecule has 1 spiro atoms. The summed E-state index contributed by atoms with van der Waals surface area (Å²) in [5.74, 6) is 6.06. The van der Waals surface area contributed by atoms with E-state index in [2.05, 4.69) is 28.9 Å². The highest BCUT2D eigenvalue weighted by Crippen LogP contribution is 2.46. The predicted octanol–water partition coefficient (Wildman–Crippen LogP) is 3.21. The van der Waals surface area contributed by atoms with Crippen molar-refractivity contribution in [3.05, 3.63) is 21.9 Å².